The van der Waals surface area contributed by atoms with Crippen molar-refractivity contribution in [3.63, 3.8) is 0 Å². The van der Waals surface area contributed by atoms with Crippen LogP contribution >= 0.6 is 0 Å². The molecule has 0 aliphatic carbocycles. The number of likely N-dealkylation sites (tertiary alicyclic amines) is 1. The Kier molecular flexibility index (Phi) is 5.14. The molecule has 122 valence electrons. The maximum Gasteiger partial charge on any atom is 0.0802 e. The summed E-state index contributed by atoms with van der Waals surface area (Å²) in [5, 5.41) is 10.4. The van der Waals surface area contributed by atoms with Crippen LogP contribution < -0.4 is 0 Å². The Labute approximate surface area is 139 Å². The first-order valence-electron chi connectivity index (χ1n) is 8.67. The van der Waals surface area contributed by atoms with Crippen LogP contribution in [-0.2, 0) is 0 Å². The van der Waals surface area contributed by atoms with Crippen molar-refractivity contribution in [3.05, 3.63) is 71.3 Å². The molecule has 1 saturated heterocycles. The highest BCUT2D eigenvalue weighted by molar-refractivity contribution is 5.30. The summed E-state index contributed by atoms with van der Waals surface area (Å²) >= 11 is 0. The number of aliphatic hydroxyl groups is 1. The van der Waals surface area contributed by atoms with E-state index in [0.29, 0.717) is 12.0 Å². The lowest BCUT2D eigenvalue weighted by Gasteiger charge is -2.22. The van der Waals surface area contributed by atoms with Gasteiger partial charge in [-0.2, -0.15) is 0 Å². The lowest BCUT2D eigenvalue weighted by molar-refractivity contribution is 0.140. The average Bonchev–Trinajstić information content (AvgIpc) is 2.94. The molecule has 0 amide bonds. The Morgan fingerprint density at radius 2 is 1.78 bits per heavy atom. The van der Waals surface area contributed by atoms with Gasteiger partial charge in [0.15, 0.2) is 0 Å². The minimum atomic E-state index is -0.360. The first-order chi connectivity index (χ1) is 11.1. The highest BCUT2D eigenvalue weighted by atomic mass is 16.3. The Hall–Kier alpha value is -1.64. The SMILES string of the molecule is Cc1ccccc1[C@H]1C[C@H](C)N(CC[C@@H](O)c2ccccc2)C1. The molecule has 1 heterocycles. The third-order valence-corrected chi connectivity index (χ3v) is 5.21. The molecule has 1 aliphatic rings. The standard InChI is InChI=1S/C21H27NO/c1-16-8-6-7-11-20(16)19-14-17(2)22(15-19)13-12-21(23)18-9-4-3-5-10-18/h3-11,17,19,21,23H,12-15H2,1-2H3/t17-,19-,21+/m0/s1. The highest BCUT2D eigenvalue weighted by Crippen LogP contribution is 2.33. The molecule has 3 rings (SSSR count). The Morgan fingerprint density at radius 1 is 1.09 bits per heavy atom. The third kappa shape index (κ3) is 3.82. The normalized spacial score (nSPS) is 23.1. The summed E-state index contributed by atoms with van der Waals surface area (Å²) in [7, 11) is 0. The van der Waals surface area contributed by atoms with Gasteiger partial charge < -0.3 is 5.11 Å². The third-order valence-electron chi connectivity index (χ3n) is 5.21. The van der Waals surface area contributed by atoms with E-state index in [-0.39, 0.29) is 6.10 Å². The van der Waals surface area contributed by atoms with Gasteiger partial charge >= 0.3 is 0 Å². The van der Waals surface area contributed by atoms with Crippen molar-refractivity contribution in [1.82, 2.24) is 4.90 Å². The van der Waals surface area contributed by atoms with Crippen molar-refractivity contribution < 1.29 is 5.11 Å². The van der Waals surface area contributed by atoms with Crippen LogP contribution in [0.25, 0.3) is 0 Å². The quantitative estimate of drug-likeness (QED) is 0.890. The Balaban J connectivity index is 1.58. The van der Waals surface area contributed by atoms with Crippen LogP contribution in [-0.4, -0.2) is 29.1 Å². The Morgan fingerprint density at radius 3 is 2.52 bits per heavy atom. The molecule has 0 spiro atoms. The van der Waals surface area contributed by atoms with E-state index in [1.807, 2.05) is 30.3 Å². The number of nitrogens with zero attached hydrogens (tertiary/aromatic N) is 1. The van der Waals surface area contributed by atoms with Crippen molar-refractivity contribution in [1.29, 1.82) is 0 Å². The fraction of sp³-hybridized carbons (Fsp3) is 0.429. The van der Waals surface area contributed by atoms with Crippen LogP contribution in [0.15, 0.2) is 54.6 Å². The van der Waals surface area contributed by atoms with E-state index in [4.69, 9.17) is 0 Å². The molecule has 0 radical (unpaired) electrons. The van der Waals surface area contributed by atoms with Gasteiger partial charge in [0.05, 0.1) is 6.10 Å². The molecule has 2 aromatic carbocycles. The van der Waals surface area contributed by atoms with E-state index in [9.17, 15) is 5.11 Å². The summed E-state index contributed by atoms with van der Waals surface area (Å²) in [6.07, 6.45) is 1.65. The second-order valence-corrected chi connectivity index (χ2v) is 6.85. The molecule has 0 bridgehead atoms. The number of hydrogen-bond donors (Lipinski definition) is 1. The molecule has 2 heteroatoms. The van der Waals surface area contributed by atoms with E-state index in [2.05, 4.69) is 43.0 Å². The van der Waals surface area contributed by atoms with E-state index in [0.717, 1.165) is 25.1 Å². The molecule has 2 aromatic rings. The van der Waals surface area contributed by atoms with Gasteiger partial charge in [0.2, 0.25) is 0 Å². The van der Waals surface area contributed by atoms with Crippen molar-refractivity contribution in [2.45, 2.75) is 44.8 Å². The predicted molar refractivity (Wildman–Crippen MR) is 95.6 cm³/mol. The summed E-state index contributed by atoms with van der Waals surface area (Å²) in [4.78, 5) is 2.53. The van der Waals surface area contributed by atoms with Gasteiger partial charge in [-0.1, -0.05) is 54.6 Å². The van der Waals surface area contributed by atoms with Crippen LogP contribution in [0, 0.1) is 6.92 Å². The second kappa shape index (κ2) is 7.29. The summed E-state index contributed by atoms with van der Waals surface area (Å²) in [6, 6.07) is 19.3. The van der Waals surface area contributed by atoms with Crippen LogP contribution in [0.3, 0.4) is 0 Å². The molecule has 2 nitrogen and oxygen atoms in total. The van der Waals surface area contributed by atoms with Gasteiger partial charge in [0.25, 0.3) is 0 Å². The zero-order valence-electron chi connectivity index (χ0n) is 14.2. The number of benzene rings is 2. The van der Waals surface area contributed by atoms with Gasteiger partial charge in [-0.25, -0.2) is 0 Å². The van der Waals surface area contributed by atoms with Gasteiger partial charge in [0, 0.05) is 19.1 Å². The molecule has 1 aliphatic heterocycles. The summed E-state index contributed by atoms with van der Waals surface area (Å²) in [6.45, 7) is 6.59. The number of aliphatic hydroxyl groups excluding tert-OH is 1. The van der Waals surface area contributed by atoms with Gasteiger partial charge in [-0.05, 0) is 49.3 Å². The van der Waals surface area contributed by atoms with Crippen LogP contribution in [0.4, 0.5) is 0 Å². The fourth-order valence-corrected chi connectivity index (χ4v) is 3.81. The van der Waals surface area contributed by atoms with E-state index >= 15 is 0 Å². The predicted octanol–water partition coefficient (Wildman–Crippen LogP) is 4.30. The maximum atomic E-state index is 10.4. The number of aryl methyl sites for hydroxylation is 1. The fourth-order valence-electron chi connectivity index (χ4n) is 3.81. The van der Waals surface area contributed by atoms with Gasteiger partial charge in [-0.15, -0.1) is 0 Å². The van der Waals surface area contributed by atoms with Gasteiger partial charge in [-0.3, -0.25) is 4.90 Å². The molecule has 0 aromatic heterocycles. The number of hydrogen-bond acceptors (Lipinski definition) is 2. The molecular formula is C21H27NO. The number of rotatable bonds is 5. The lowest BCUT2D eigenvalue weighted by Crippen LogP contribution is -2.29. The molecule has 23 heavy (non-hydrogen) atoms. The topological polar surface area (TPSA) is 23.5 Å². The van der Waals surface area contributed by atoms with Crippen LogP contribution in [0.5, 0.6) is 0 Å². The van der Waals surface area contributed by atoms with Crippen molar-refractivity contribution >= 4 is 0 Å². The van der Waals surface area contributed by atoms with Crippen LogP contribution in [0.1, 0.15) is 48.5 Å². The second-order valence-electron chi connectivity index (χ2n) is 6.85. The lowest BCUT2D eigenvalue weighted by atomic mass is 9.93. The molecule has 3 atom stereocenters. The first kappa shape index (κ1) is 16.2. The maximum absolute atomic E-state index is 10.4. The van der Waals surface area contributed by atoms with Crippen LogP contribution in [0.2, 0.25) is 0 Å². The molecule has 0 unspecified atom stereocenters. The average molecular weight is 309 g/mol. The van der Waals surface area contributed by atoms with Crippen molar-refractivity contribution in [2.24, 2.45) is 0 Å². The zero-order chi connectivity index (χ0) is 16.2. The first-order valence-corrected chi connectivity index (χ1v) is 8.67. The monoisotopic (exact) mass is 309 g/mol. The van der Waals surface area contributed by atoms with E-state index in [1.165, 1.54) is 17.5 Å². The molecule has 1 fully saturated rings. The van der Waals surface area contributed by atoms with E-state index in [1.54, 1.807) is 0 Å². The smallest absolute Gasteiger partial charge is 0.0802 e. The minimum Gasteiger partial charge on any atom is -0.388 e. The summed E-state index contributed by atoms with van der Waals surface area (Å²) in [5.41, 5.74) is 3.91. The zero-order valence-corrected chi connectivity index (χ0v) is 14.2. The minimum absolute atomic E-state index is 0.360. The highest BCUT2D eigenvalue weighted by Gasteiger charge is 2.30. The molecular weight excluding hydrogens is 282 g/mol. The molecule has 1 N–H and O–H groups in total. The largest absolute Gasteiger partial charge is 0.388 e. The Bertz CT molecular complexity index is 625. The summed E-state index contributed by atoms with van der Waals surface area (Å²) < 4.78 is 0. The van der Waals surface area contributed by atoms with Gasteiger partial charge in [0.1, 0.15) is 0 Å². The van der Waals surface area contributed by atoms with Crippen molar-refractivity contribution in [2.75, 3.05) is 13.1 Å². The molecule has 0 saturated carbocycles. The van der Waals surface area contributed by atoms with Crippen molar-refractivity contribution in [3.8, 4) is 0 Å². The summed E-state index contributed by atoms with van der Waals surface area (Å²) in [5.74, 6) is 0.625. The van der Waals surface area contributed by atoms with E-state index < -0.39 is 0 Å².